The van der Waals surface area contributed by atoms with Crippen LogP contribution in [0.5, 0.6) is 5.75 Å². The topological polar surface area (TPSA) is 76.1 Å². The molecule has 2 heterocycles. The van der Waals surface area contributed by atoms with Gasteiger partial charge in [0.25, 0.3) is 5.91 Å². The number of aliphatic hydroxyl groups is 1. The number of carbonyl (C=O) groups excluding carboxylic acids is 2. The number of methoxy groups -OCH3 is 1. The molecule has 1 aromatic rings. The van der Waals surface area contributed by atoms with Gasteiger partial charge < -0.3 is 19.5 Å². The molecule has 6 heteroatoms. The Balaban J connectivity index is 1.96. The SMILES string of the molecule is COc1ccc([C@@H]2C(C(C)=O)=C(O)C(=O)N2C[C@@H]2CCCO2)cc1. The summed E-state index contributed by atoms with van der Waals surface area (Å²) in [5.41, 5.74) is 0.902. The second kappa shape index (κ2) is 6.65. The van der Waals surface area contributed by atoms with Crippen LogP contribution in [0.3, 0.4) is 0 Å². The summed E-state index contributed by atoms with van der Waals surface area (Å²) in [6, 6.07) is 6.57. The van der Waals surface area contributed by atoms with Gasteiger partial charge in [-0.05, 0) is 37.5 Å². The van der Waals surface area contributed by atoms with Crippen molar-refractivity contribution in [2.75, 3.05) is 20.3 Å². The summed E-state index contributed by atoms with van der Waals surface area (Å²) in [7, 11) is 1.57. The molecule has 2 aliphatic rings. The summed E-state index contributed by atoms with van der Waals surface area (Å²) in [6.45, 7) is 2.40. The first-order valence-electron chi connectivity index (χ1n) is 8.03. The number of Topliss-reactive ketones (excluding diaryl/α,β-unsaturated/α-hetero) is 1. The van der Waals surface area contributed by atoms with Gasteiger partial charge in [-0.2, -0.15) is 0 Å². The predicted molar refractivity (Wildman–Crippen MR) is 86.8 cm³/mol. The summed E-state index contributed by atoms with van der Waals surface area (Å²) in [6.07, 6.45) is 1.77. The average molecular weight is 331 g/mol. The molecular formula is C18H21NO5. The molecule has 0 aromatic heterocycles. The number of amides is 1. The zero-order valence-electron chi connectivity index (χ0n) is 13.8. The highest BCUT2D eigenvalue weighted by Crippen LogP contribution is 2.38. The normalized spacial score (nSPS) is 23.9. The van der Waals surface area contributed by atoms with E-state index >= 15 is 0 Å². The van der Waals surface area contributed by atoms with E-state index in [0.29, 0.717) is 18.9 Å². The Morgan fingerprint density at radius 1 is 1.38 bits per heavy atom. The van der Waals surface area contributed by atoms with Gasteiger partial charge in [-0.15, -0.1) is 0 Å². The molecule has 0 saturated carbocycles. The molecule has 6 nitrogen and oxygen atoms in total. The number of carbonyl (C=O) groups is 2. The minimum Gasteiger partial charge on any atom is -0.503 e. The van der Waals surface area contributed by atoms with Gasteiger partial charge in [0.2, 0.25) is 0 Å². The summed E-state index contributed by atoms with van der Waals surface area (Å²) in [5.74, 6) is -0.597. The molecule has 1 amide bonds. The molecule has 1 N–H and O–H groups in total. The standard InChI is InChI=1S/C18H21NO5/c1-11(20)15-16(12-5-7-13(23-2)8-6-12)19(18(22)17(15)21)10-14-4-3-9-24-14/h5-8,14,16,21H,3-4,9-10H2,1-2H3/t14-,16+/m0/s1. The van der Waals surface area contributed by atoms with Gasteiger partial charge in [0, 0.05) is 13.2 Å². The number of ketones is 1. The van der Waals surface area contributed by atoms with Crippen molar-refractivity contribution >= 4 is 11.7 Å². The zero-order chi connectivity index (χ0) is 17.3. The Labute approximate surface area is 140 Å². The second-order valence-corrected chi connectivity index (χ2v) is 6.09. The van der Waals surface area contributed by atoms with Crippen molar-refractivity contribution in [2.24, 2.45) is 0 Å². The van der Waals surface area contributed by atoms with Crippen LogP contribution in [0.1, 0.15) is 31.4 Å². The molecule has 24 heavy (non-hydrogen) atoms. The van der Waals surface area contributed by atoms with Crippen molar-refractivity contribution < 1.29 is 24.2 Å². The summed E-state index contributed by atoms with van der Waals surface area (Å²) >= 11 is 0. The molecule has 128 valence electrons. The van der Waals surface area contributed by atoms with Crippen LogP contribution >= 0.6 is 0 Å². The molecule has 0 unspecified atom stereocenters. The average Bonchev–Trinajstić information content (AvgIpc) is 3.17. The lowest BCUT2D eigenvalue weighted by Crippen LogP contribution is -2.37. The highest BCUT2D eigenvalue weighted by molar-refractivity contribution is 6.08. The first-order chi connectivity index (χ1) is 11.5. The molecule has 0 spiro atoms. The molecule has 1 fully saturated rings. The Morgan fingerprint density at radius 3 is 2.62 bits per heavy atom. The van der Waals surface area contributed by atoms with Gasteiger partial charge in [-0.25, -0.2) is 0 Å². The van der Waals surface area contributed by atoms with Crippen LogP contribution in [-0.2, 0) is 14.3 Å². The van der Waals surface area contributed by atoms with E-state index in [9.17, 15) is 14.7 Å². The van der Waals surface area contributed by atoms with E-state index in [1.807, 2.05) is 0 Å². The van der Waals surface area contributed by atoms with Gasteiger partial charge in [0.1, 0.15) is 5.75 Å². The van der Waals surface area contributed by atoms with Crippen LogP contribution in [0.15, 0.2) is 35.6 Å². The lowest BCUT2D eigenvalue weighted by atomic mass is 9.96. The van der Waals surface area contributed by atoms with Crippen LogP contribution < -0.4 is 4.74 Å². The minimum atomic E-state index is -0.592. The number of aliphatic hydroxyl groups excluding tert-OH is 1. The maximum absolute atomic E-state index is 12.5. The van der Waals surface area contributed by atoms with Gasteiger partial charge in [0.05, 0.1) is 24.8 Å². The maximum Gasteiger partial charge on any atom is 0.290 e. The Kier molecular flexibility index (Phi) is 4.57. The number of hydrogen-bond donors (Lipinski definition) is 1. The van der Waals surface area contributed by atoms with Crippen LogP contribution in [0.25, 0.3) is 0 Å². The Morgan fingerprint density at radius 2 is 2.08 bits per heavy atom. The fourth-order valence-electron chi connectivity index (χ4n) is 3.34. The van der Waals surface area contributed by atoms with Gasteiger partial charge >= 0.3 is 0 Å². The first kappa shape index (κ1) is 16.5. The third-order valence-electron chi connectivity index (χ3n) is 4.54. The zero-order valence-corrected chi connectivity index (χ0v) is 13.8. The molecule has 1 aromatic carbocycles. The molecule has 0 aliphatic carbocycles. The monoisotopic (exact) mass is 331 g/mol. The lowest BCUT2D eigenvalue weighted by molar-refractivity contribution is -0.131. The van der Waals surface area contributed by atoms with E-state index in [1.165, 1.54) is 11.8 Å². The third kappa shape index (κ3) is 2.89. The van der Waals surface area contributed by atoms with Crippen LogP contribution in [-0.4, -0.2) is 48.1 Å². The Bertz CT molecular complexity index is 673. The van der Waals surface area contributed by atoms with Crippen molar-refractivity contribution in [3.8, 4) is 5.75 Å². The second-order valence-electron chi connectivity index (χ2n) is 6.09. The number of benzene rings is 1. The minimum absolute atomic E-state index is 0.0613. The number of ether oxygens (including phenoxy) is 2. The van der Waals surface area contributed by atoms with Gasteiger partial charge in [0.15, 0.2) is 11.5 Å². The van der Waals surface area contributed by atoms with E-state index in [4.69, 9.17) is 9.47 Å². The van der Waals surface area contributed by atoms with E-state index < -0.39 is 17.7 Å². The highest BCUT2D eigenvalue weighted by atomic mass is 16.5. The fraction of sp³-hybridized carbons (Fsp3) is 0.444. The third-order valence-corrected chi connectivity index (χ3v) is 4.54. The largest absolute Gasteiger partial charge is 0.503 e. The molecule has 0 radical (unpaired) electrons. The number of hydrogen-bond acceptors (Lipinski definition) is 5. The van der Waals surface area contributed by atoms with E-state index in [0.717, 1.165) is 18.4 Å². The molecule has 1 saturated heterocycles. The summed E-state index contributed by atoms with van der Waals surface area (Å²) in [4.78, 5) is 26.1. The van der Waals surface area contributed by atoms with Gasteiger partial charge in [-0.1, -0.05) is 12.1 Å². The lowest BCUT2D eigenvalue weighted by Gasteiger charge is -2.28. The predicted octanol–water partition coefficient (Wildman–Crippen LogP) is 2.16. The van der Waals surface area contributed by atoms with Gasteiger partial charge in [-0.3, -0.25) is 9.59 Å². The van der Waals surface area contributed by atoms with Crippen molar-refractivity contribution in [1.82, 2.24) is 4.90 Å². The summed E-state index contributed by atoms with van der Waals surface area (Å²) < 4.78 is 10.8. The number of nitrogens with zero attached hydrogens (tertiary/aromatic N) is 1. The first-order valence-corrected chi connectivity index (χ1v) is 8.03. The van der Waals surface area contributed by atoms with Crippen LogP contribution in [0.4, 0.5) is 0 Å². The molecular weight excluding hydrogens is 310 g/mol. The van der Waals surface area contributed by atoms with Crippen LogP contribution in [0, 0.1) is 0 Å². The smallest absolute Gasteiger partial charge is 0.290 e. The molecule has 2 aliphatic heterocycles. The van der Waals surface area contributed by atoms with Crippen LogP contribution in [0.2, 0.25) is 0 Å². The van der Waals surface area contributed by atoms with Crippen molar-refractivity contribution in [2.45, 2.75) is 31.9 Å². The van der Waals surface area contributed by atoms with Crippen molar-refractivity contribution in [1.29, 1.82) is 0 Å². The van der Waals surface area contributed by atoms with E-state index in [2.05, 4.69) is 0 Å². The Hall–Kier alpha value is -2.34. The number of rotatable bonds is 5. The molecule has 3 rings (SSSR count). The maximum atomic E-state index is 12.5. The highest BCUT2D eigenvalue weighted by Gasteiger charge is 2.43. The van der Waals surface area contributed by atoms with E-state index in [-0.39, 0.29) is 17.5 Å². The van der Waals surface area contributed by atoms with Crippen molar-refractivity contribution in [3.05, 3.63) is 41.2 Å². The fourth-order valence-corrected chi connectivity index (χ4v) is 3.34. The molecule has 2 atom stereocenters. The quantitative estimate of drug-likeness (QED) is 0.895. The van der Waals surface area contributed by atoms with Crippen molar-refractivity contribution in [3.63, 3.8) is 0 Å². The molecule has 0 bridgehead atoms. The van der Waals surface area contributed by atoms with E-state index in [1.54, 1.807) is 31.4 Å². The summed E-state index contributed by atoms with van der Waals surface area (Å²) in [5, 5.41) is 10.2.